The van der Waals surface area contributed by atoms with Gasteiger partial charge in [0.2, 0.25) is 5.91 Å². The molecular formula is C51H71F3N8O9S. The van der Waals surface area contributed by atoms with E-state index in [-0.39, 0.29) is 116 Å². The highest BCUT2D eigenvalue weighted by atomic mass is 32.2. The fourth-order valence-corrected chi connectivity index (χ4v) is 14.3. The fourth-order valence-electron chi connectivity index (χ4n) is 12.8. The highest BCUT2D eigenvalue weighted by molar-refractivity contribution is 8.00. The van der Waals surface area contributed by atoms with Gasteiger partial charge in [-0.05, 0) is 124 Å². The summed E-state index contributed by atoms with van der Waals surface area (Å²) >= 11 is 1.85. The molecule has 7 unspecified atom stereocenters. The minimum atomic E-state index is -4.78. The Morgan fingerprint density at radius 1 is 0.861 bits per heavy atom. The second kappa shape index (κ2) is 23.2. The Kier molecular flexibility index (Phi) is 17.2. The number of fused-ring (bicyclic) bond motifs is 6. The molecule has 0 spiro atoms. The molecule has 1 aromatic carbocycles. The maximum absolute atomic E-state index is 13.9. The van der Waals surface area contributed by atoms with Crippen LogP contribution in [0, 0.1) is 34.5 Å². The Labute approximate surface area is 423 Å². The van der Waals surface area contributed by atoms with Crippen molar-refractivity contribution in [3.8, 4) is 5.75 Å². The summed E-state index contributed by atoms with van der Waals surface area (Å²) in [5.41, 5.74) is -0.503. The van der Waals surface area contributed by atoms with Crippen LogP contribution in [0.15, 0.2) is 45.2 Å². The molecule has 3 heterocycles. The average Bonchev–Trinajstić information content (AvgIpc) is 3.82. The number of Topliss-reactive ketones (excluding diaryl/α,β-unsaturated/α-hetero) is 1. The molecule has 0 bridgehead atoms. The first-order valence-corrected chi connectivity index (χ1v) is 26.9. The van der Waals surface area contributed by atoms with Gasteiger partial charge in [-0.3, -0.25) is 19.2 Å². The smallest absolute Gasteiger partial charge is 0.442 e. The molecule has 8 rings (SSSR count). The number of nitrogens with one attached hydrogen (secondary N) is 5. The van der Waals surface area contributed by atoms with Gasteiger partial charge in [-0.25, -0.2) is 4.79 Å². The van der Waals surface area contributed by atoms with Crippen LogP contribution in [0.4, 0.5) is 18.0 Å². The van der Waals surface area contributed by atoms with Crippen LogP contribution in [0.2, 0.25) is 0 Å². The van der Waals surface area contributed by atoms with Crippen LogP contribution < -0.4 is 31.3 Å². The van der Waals surface area contributed by atoms with E-state index in [1.165, 1.54) is 11.6 Å². The summed E-state index contributed by atoms with van der Waals surface area (Å²) in [7, 11) is 0. The summed E-state index contributed by atoms with van der Waals surface area (Å²) in [4.78, 5) is 67.7. The van der Waals surface area contributed by atoms with Crippen LogP contribution in [0.3, 0.4) is 0 Å². The van der Waals surface area contributed by atoms with Crippen molar-refractivity contribution in [2.45, 2.75) is 133 Å². The number of urea groups is 1. The summed E-state index contributed by atoms with van der Waals surface area (Å²) < 4.78 is 58.5. The van der Waals surface area contributed by atoms with Gasteiger partial charge in [0.05, 0.1) is 49.8 Å². The first-order chi connectivity index (χ1) is 34.5. The van der Waals surface area contributed by atoms with Crippen molar-refractivity contribution in [3.05, 3.63) is 41.0 Å². The number of unbranched alkanes of at least 4 members (excludes halogenated alkanes) is 1. The predicted molar refractivity (Wildman–Crippen MR) is 262 cm³/mol. The number of rotatable bonds is 25. The molecule has 21 heteroatoms. The first-order valence-electron chi connectivity index (χ1n) is 25.9. The maximum atomic E-state index is 13.9. The SMILES string of the molecule is CC(=O)C1CCC2C3CCC4=C/C(=N/OCC(=O)NCCCNC(=O)c5ccc(C6(C(F)(F)F)N=N6)cc5OCCOCCOCCNC(=O)CCCCC5SCC6NC(=O)NC65)CC[C@]4(C)C3CC[C@]12C. The number of amides is 5. The topological polar surface area (TPSA) is 219 Å². The van der Waals surface area contributed by atoms with Gasteiger partial charge in [-0.2, -0.15) is 24.9 Å². The Balaban J connectivity index is 0.697. The molecule has 3 saturated carbocycles. The van der Waals surface area contributed by atoms with Crippen LogP contribution in [-0.4, -0.2) is 124 Å². The van der Waals surface area contributed by atoms with Crippen molar-refractivity contribution in [2.24, 2.45) is 49.9 Å². The third-order valence-corrected chi connectivity index (χ3v) is 18.1. The minimum Gasteiger partial charge on any atom is -0.490 e. The van der Waals surface area contributed by atoms with Crippen LogP contribution in [0.5, 0.6) is 5.75 Å². The van der Waals surface area contributed by atoms with Crippen molar-refractivity contribution in [1.82, 2.24) is 26.6 Å². The van der Waals surface area contributed by atoms with E-state index in [1.807, 2.05) is 11.8 Å². The first kappa shape index (κ1) is 53.5. The number of ketones is 1. The molecule has 0 radical (unpaired) electrons. The fraction of sp³-hybridized carbons (Fsp3) is 0.725. The molecule has 5 amide bonds. The highest BCUT2D eigenvalue weighted by Crippen LogP contribution is 2.66. The lowest BCUT2D eigenvalue weighted by atomic mass is 9.46. The van der Waals surface area contributed by atoms with E-state index in [0.717, 1.165) is 94.2 Å². The van der Waals surface area contributed by atoms with Crippen LogP contribution in [0.1, 0.15) is 120 Å². The molecule has 0 aromatic heterocycles. The van der Waals surface area contributed by atoms with E-state index < -0.39 is 17.7 Å². The van der Waals surface area contributed by atoms with Gasteiger partial charge in [-0.1, -0.05) is 37.1 Å². The number of hydrogen-bond acceptors (Lipinski definition) is 13. The second-order valence-corrected chi connectivity index (χ2v) is 22.2. The zero-order valence-corrected chi connectivity index (χ0v) is 42.5. The molecule has 9 atom stereocenters. The number of thioether (sulfide) groups is 1. The predicted octanol–water partition coefficient (Wildman–Crippen LogP) is 6.90. The van der Waals surface area contributed by atoms with E-state index in [9.17, 15) is 37.1 Å². The standard InChI is InChI=1S/C51H71F3N8O9S/c1-31(63)37-13-14-38-35-11-9-32-27-34(15-17-48(32,2)39(35)16-18-49(37,38)3)60-71-29-44(65)55-19-6-20-57-46(66)36-12-10-33(50(61-62-50)51(52,53)54)28-41(36)70-26-25-69-24-23-68-22-21-56-43(64)8-5-4-7-42-45-40(30-72-42)58-47(67)59-45/h10,12,27-28,35,37-40,42,45H,4-9,11,13-26,29-30H2,1-3H3,(H,55,65)(H,56,64)(H,57,66)(H2,58,59,67)/b60-34+/t35?,37?,38?,39?,40?,42?,45?,48-,49+/m0/s1. The van der Waals surface area contributed by atoms with Crippen molar-refractivity contribution in [3.63, 3.8) is 0 Å². The number of carbonyl (C=O) groups is 5. The van der Waals surface area contributed by atoms with E-state index in [2.05, 4.69) is 61.9 Å². The zero-order valence-electron chi connectivity index (χ0n) is 41.7. The molecule has 4 aliphatic carbocycles. The van der Waals surface area contributed by atoms with Crippen molar-refractivity contribution in [2.75, 3.05) is 65.0 Å². The number of halogens is 3. The third-order valence-electron chi connectivity index (χ3n) is 16.6. The van der Waals surface area contributed by atoms with Crippen molar-refractivity contribution in [1.29, 1.82) is 0 Å². The van der Waals surface area contributed by atoms with Crippen molar-refractivity contribution >= 4 is 47.0 Å². The second-order valence-electron chi connectivity index (χ2n) is 21.0. The van der Waals surface area contributed by atoms with Gasteiger partial charge < -0.3 is 45.6 Å². The Morgan fingerprint density at radius 3 is 2.40 bits per heavy atom. The summed E-state index contributed by atoms with van der Waals surface area (Å²) in [6, 6.07) is 3.74. The lowest BCUT2D eigenvalue weighted by molar-refractivity contribution is -0.166. The van der Waals surface area contributed by atoms with Crippen LogP contribution in [0.25, 0.3) is 0 Å². The van der Waals surface area contributed by atoms with Gasteiger partial charge in [-0.15, -0.1) is 10.2 Å². The summed E-state index contributed by atoms with van der Waals surface area (Å²) in [6.07, 6.45) is 9.12. The zero-order chi connectivity index (χ0) is 51.1. The molecule has 3 aliphatic heterocycles. The molecule has 17 nitrogen and oxygen atoms in total. The monoisotopic (exact) mass is 1030 g/mol. The molecule has 5 fully saturated rings. The van der Waals surface area contributed by atoms with Crippen LogP contribution >= 0.6 is 11.8 Å². The van der Waals surface area contributed by atoms with E-state index >= 15 is 0 Å². The lowest BCUT2D eigenvalue weighted by Gasteiger charge is -2.58. The molecule has 5 N–H and O–H groups in total. The summed E-state index contributed by atoms with van der Waals surface area (Å²) in [5.74, 6) is 2.21. The minimum absolute atomic E-state index is 0.00520. The van der Waals surface area contributed by atoms with Gasteiger partial charge in [0.25, 0.3) is 11.8 Å². The van der Waals surface area contributed by atoms with Gasteiger partial charge >= 0.3 is 17.9 Å². The Morgan fingerprint density at radius 2 is 1.62 bits per heavy atom. The summed E-state index contributed by atoms with van der Waals surface area (Å²) in [5, 5.41) is 25.5. The Bertz CT molecular complexity index is 2260. The molecule has 7 aliphatic rings. The van der Waals surface area contributed by atoms with Gasteiger partial charge in [0.1, 0.15) is 18.1 Å². The van der Waals surface area contributed by atoms with E-state index in [4.69, 9.17) is 19.0 Å². The molecule has 2 saturated heterocycles. The number of carbonyl (C=O) groups excluding carboxylic acids is 5. The van der Waals surface area contributed by atoms with Crippen LogP contribution in [-0.2, 0) is 34.4 Å². The average molecular weight is 1030 g/mol. The molecular weight excluding hydrogens is 958 g/mol. The normalized spacial score (nSPS) is 30.2. The lowest BCUT2D eigenvalue weighted by Crippen LogP contribution is -2.51. The number of allylic oxidation sites excluding steroid dienone is 2. The molecule has 396 valence electrons. The summed E-state index contributed by atoms with van der Waals surface area (Å²) in [6.45, 7) is 7.70. The van der Waals surface area contributed by atoms with Gasteiger partial charge in [0.15, 0.2) is 6.61 Å². The molecule has 72 heavy (non-hydrogen) atoms. The number of ether oxygens (including phenoxy) is 3. The quantitative estimate of drug-likeness (QED) is 0.0388. The maximum Gasteiger partial charge on any atom is 0.442 e. The number of hydrogen-bond donors (Lipinski definition) is 5. The number of oxime groups is 1. The third kappa shape index (κ3) is 12.1. The number of nitrogens with zero attached hydrogens (tertiary/aromatic N) is 3. The van der Waals surface area contributed by atoms with Crippen molar-refractivity contribution < 1.29 is 56.2 Å². The highest BCUT2D eigenvalue weighted by Gasteiger charge is 2.65. The Hall–Kier alpha value is -4.76. The number of benzene rings is 1. The van der Waals surface area contributed by atoms with Gasteiger partial charge in [0, 0.05) is 48.5 Å². The number of alkyl halides is 3. The largest absolute Gasteiger partial charge is 0.490 e. The van der Waals surface area contributed by atoms with E-state index in [0.29, 0.717) is 48.2 Å². The van der Waals surface area contributed by atoms with E-state index in [1.54, 1.807) is 6.92 Å². The molecule has 1 aromatic rings.